The van der Waals surface area contributed by atoms with Crippen molar-refractivity contribution in [2.24, 2.45) is 0 Å². The van der Waals surface area contributed by atoms with Crippen LogP contribution in [0, 0.1) is 0 Å². The van der Waals surface area contributed by atoms with Crippen molar-refractivity contribution in [2.45, 2.75) is 24.0 Å². The maximum absolute atomic E-state index is 11.9. The Kier molecular flexibility index (Phi) is 4.07. The van der Waals surface area contributed by atoms with Crippen molar-refractivity contribution in [3.05, 3.63) is 17.9 Å². The summed E-state index contributed by atoms with van der Waals surface area (Å²) < 4.78 is 42.3. The molecule has 1 aliphatic heterocycles. The molecule has 9 heteroatoms. The molecule has 2 heterocycles. The first-order valence-corrected chi connectivity index (χ1v) is 8.56. The molecule has 106 valence electrons. The topological polar surface area (TPSA) is 114 Å². The molecule has 2 rings (SSSR count). The Morgan fingerprint density at radius 1 is 1.37 bits per heavy atom. The normalized spacial score (nSPS) is 24.2. The van der Waals surface area contributed by atoms with Crippen LogP contribution >= 0.6 is 0 Å². The molecule has 0 aromatic carbocycles. The van der Waals surface area contributed by atoms with Crippen LogP contribution in [0.5, 0.6) is 0 Å². The second-order valence-electron chi connectivity index (χ2n) is 4.17. The highest BCUT2D eigenvalue weighted by Gasteiger charge is 2.26. The quantitative estimate of drug-likeness (QED) is 0.819. The first-order valence-electron chi connectivity index (χ1n) is 5.59. The average molecular weight is 307 g/mol. The zero-order valence-corrected chi connectivity index (χ0v) is 11.5. The summed E-state index contributed by atoms with van der Waals surface area (Å²) in [5, 5.41) is 8.25. The van der Waals surface area contributed by atoms with Gasteiger partial charge in [0.15, 0.2) is 0 Å². The summed E-state index contributed by atoms with van der Waals surface area (Å²) >= 11 is 0. The predicted octanol–water partition coefficient (Wildman–Crippen LogP) is 0.167. The average Bonchev–Trinajstić information content (AvgIpc) is 2.82. The van der Waals surface area contributed by atoms with E-state index in [0.29, 0.717) is 24.3 Å². The second-order valence-corrected chi connectivity index (χ2v) is 7.51. The highest BCUT2D eigenvalue weighted by atomic mass is 32.2. The van der Waals surface area contributed by atoms with Crippen molar-refractivity contribution in [2.75, 3.05) is 11.5 Å². The summed E-state index contributed by atoms with van der Waals surface area (Å²) in [4.78, 5) is 10.6. The molecule has 0 amide bonds. The van der Waals surface area contributed by atoms with Gasteiger partial charge in [0.25, 0.3) is 10.0 Å². The summed E-state index contributed by atoms with van der Waals surface area (Å²) in [6.07, 6.45) is 0.997. The van der Waals surface area contributed by atoms with E-state index in [1.165, 1.54) is 0 Å². The van der Waals surface area contributed by atoms with E-state index in [1.54, 1.807) is 0 Å². The van der Waals surface area contributed by atoms with Gasteiger partial charge in [0.1, 0.15) is 0 Å². The summed E-state index contributed by atoms with van der Waals surface area (Å²) in [5.74, 6) is -0.822. The predicted molar refractivity (Wildman–Crippen MR) is 66.9 cm³/mol. The molecule has 1 aromatic rings. The van der Waals surface area contributed by atoms with E-state index in [1.807, 2.05) is 0 Å². The standard InChI is InChI=1S/C10H13NO6S2/c12-10(13)8-1-2-9(17-8)19(15,16)11-7-3-5-18(14)6-4-7/h1-2,7,11H,3-6H2,(H,12,13). The minimum Gasteiger partial charge on any atom is -0.475 e. The van der Waals surface area contributed by atoms with Crippen LogP contribution in [0.3, 0.4) is 0 Å². The fraction of sp³-hybridized carbons (Fsp3) is 0.500. The number of nitrogens with one attached hydrogen (secondary N) is 1. The largest absolute Gasteiger partial charge is 0.475 e. The molecule has 0 spiro atoms. The summed E-state index contributed by atoms with van der Waals surface area (Å²) in [7, 11) is -4.74. The monoisotopic (exact) mass is 307 g/mol. The molecular weight excluding hydrogens is 294 g/mol. The summed E-state index contributed by atoms with van der Waals surface area (Å²) in [6.45, 7) is 0. The molecule has 1 fully saturated rings. The van der Waals surface area contributed by atoms with Gasteiger partial charge in [-0.1, -0.05) is 0 Å². The fourth-order valence-electron chi connectivity index (χ4n) is 1.77. The molecule has 7 nitrogen and oxygen atoms in total. The van der Waals surface area contributed by atoms with E-state index in [4.69, 9.17) is 9.52 Å². The van der Waals surface area contributed by atoms with Crippen LogP contribution in [-0.2, 0) is 20.8 Å². The van der Waals surface area contributed by atoms with Gasteiger partial charge in [-0.05, 0) is 25.0 Å². The van der Waals surface area contributed by atoms with Crippen molar-refractivity contribution in [3.63, 3.8) is 0 Å². The van der Waals surface area contributed by atoms with Crippen LogP contribution < -0.4 is 4.72 Å². The summed E-state index contributed by atoms with van der Waals surface area (Å²) in [6, 6.07) is 1.90. The number of rotatable bonds is 4. The Morgan fingerprint density at radius 3 is 2.53 bits per heavy atom. The number of aromatic carboxylic acids is 1. The number of furan rings is 1. The van der Waals surface area contributed by atoms with Gasteiger partial charge >= 0.3 is 5.97 Å². The van der Waals surface area contributed by atoms with Crippen molar-refractivity contribution in [1.82, 2.24) is 4.72 Å². The van der Waals surface area contributed by atoms with Gasteiger partial charge in [0.05, 0.1) is 0 Å². The van der Waals surface area contributed by atoms with Crippen LogP contribution in [0.25, 0.3) is 0 Å². The maximum Gasteiger partial charge on any atom is 0.371 e. The molecule has 1 aromatic heterocycles. The van der Waals surface area contributed by atoms with E-state index in [2.05, 4.69) is 4.72 Å². The molecule has 0 saturated carbocycles. The molecule has 0 radical (unpaired) electrons. The fourth-order valence-corrected chi connectivity index (χ4v) is 4.30. The molecular formula is C10H13NO6S2. The van der Waals surface area contributed by atoms with Gasteiger partial charge in [-0.3, -0.25) is 4.21 Å². The van der Waals surface area contributed by atoms with E-state index >= 15 is 0 Å². The van der Waals surface area contributed by atoms with E-state index < -0.39 is 37.6 Å². The number of sulfonamides is 1. The Balaban J connectivity index is 2.09. The second kappa shape index (κ2) is 5.43. The third kappa shape index (κ3) is 3.43. The van der Waals surface area contributed by atoms with Gasteiger partial charge in [0.2, 0.25) is 10.9 Å². The minimum atomic E-state index is -3.87. The Hall–Kier alpha value is -1.19. The number of carboxylic acid groups (broad SMARTS) is 1. The van der Waals surface area contributed by atoms with Crippen LogP contribution in [-0.4, -0.2) is 41.3 Å². The first kappa shape index (κ1) is 14.2. The van der Waals surface area contributed by atoms with Gasteiger partial charge in [-0.15, -0.1) is 0 Å². The maximum atomic E-state index is 11.9. The van der Waals surface area contributed by atoms with E-state index in [9.17, 15) is 17.4 Å². The third-order valence-electron chi connectivity index (χ3n) is 2.77. The molecule has 19 heavy (non-hydrogen) atoms. The van der Waals surface area contributed by atoms with Crippen LogP contribution in [0.15, 0.2) is 21.6 Å². The van der Waals surface area contributed by atoms with Gasteiger partial charge < -0.3 is 9.52 Å². The molecule has 0 unspecified atom stereocenters. The minimum absolute atomic E-state index is 0.291. The van der Waals surface area contributed by atoms with E-state index in [-0.39, 0.29) is 6.04 Å². The first-order chi connectivity index (χ1) is 8.88. The zero-order valence-electron chi connectivity index (χ0n) is 9.87. The SMILES string of the molecule is O=C(O)c1ccc(S(=O)(=O)NC2CCS(=O)CC2)o1. The number of carboxylic acids is 1. The lowest BCUT2D eigenvalue weighted by atomic mass is 10.2. The smallest absolute Gasteiger partial charge is 0.371 e. The number of hydrogen-bond acceptors (Lipinski definition) is 5. The molecule has 1 aliphatic rings. The lowest BCUT2D eigenvalue weighted by molar-refractivity contribution is 0.0656. The molecule has 1 saturated heterocycles. The molecule has 0 atom stereocenters. The van der Waals surface area contributed by atoms with Gasteiger partial charge in [0, 0.05) is 28.3 Å². The Morgan fingerprint density at radius 2 is 2.00 bits per heavy atom. The van der Waals surface area contributed by atoms with Crippen LogP contribution in [0.1, 0.15) is 23.4 Å². The van der Waals surface area contributed by atoms with E-state index in [0.717, 1.165) is 12.1 Å². The number of hydrogen-bond donors (Lipinski definition) is 2. The molecule has 0 bridgehead atoms. The van der Waals surface area contributed by atoms with Crippen molar-refractivity contribution in [1.29, 1.82) is 0 Å². The molecule has 2 N–H and O–H groups in total. The number of carbonyl (C=O) groups is 1. The third-order valence-corrected chi connectivity index (χ3v) is 5.54. The zero-order chi connectivity index (χ0) is 14.0. The highest BCUT2D eigenvalue weighted by molar-refractivity contribution is 7.89. The Bertz CT molecular complexity index is 595. The van der Waals surface area contributed by atoms with Crippen molar-refractivity contribution >= 4 is 26.8 Å². The van der Waals surface area contributed by atoms with Crippen LogP contribution in [0.2, 0.25) is 0 Å². The summed E-state index contributed by atoms with van der Waals surface area (Å²) in [5.41, 5.74) is 0. The lowest BCUT2D eigenvalue weighted by Gasteiger charge is -2.21. The lowest BCUT2D eigenvalue weighted by Crippen LogP contribution is -2.39. The van der Waals surface area contributed by atoms with Crippen LogP contribution in [0.4, 0.5) is 0 Å². The van der Waals surface area contributed by atoms with Crippen molar-refractivity contribution in [3.8, 4) is 0 Å². The van der Waals surface area contributed by atoms with Gasteiger partial charge in [-0.2, -0.15) is 0 Å². The molecule has 0 aliphatic carbocycles. The highest BCUT2D eigenvalue weighted by Crippen LogP contribution is 2.17. The Labute approximate surface area is 112 Å². The van der Waals surface area contributed by atoms with Crippen molar-refractivity contribution < 1.29 is 26.9 Å². The van der Waals surface area contributed by atoms with Gasteiger partial charge in [-0.25, -0.2) is 17.9 Å².